The van der Waals surface area contributed by atoms with Crippen LogP contribution in [0.4, 0.5) is 0 Å². The third-order valence-corrected chi connectivity index (χ3v) is 6.50. The number of aromatic amines is 2. The molecule has 10 nitrogen and oxygen atoms in total. The Kier molecular flexibility index (Phi) is 5.97. The summed E-state index contributed by atoms with van der Waals surface area (Å²) in [6, 6.07) is 25.3. The molecule has 0 spiro atoms. The second-order valence-corrected chi connectivity index (χ2v) is 8.96. The number of benzene rings is 3. The Morgan fingerprint density at radius 2 is 1.61 bits per heavy atom. The average molecular weight is 505 g/mol. The Morgan fingerprint density at radius 1 is 0.868 bits per heavy atom. The molecule has 0 amide bonds. The number of aromatic nitrogens is 8. The first-order chi connectivity index (χ1) is 18.6. The lowest BCUT2D eigenvalue weighted by molar-refractivity contribution is 0.719. The van der Waals surface area contributed by atoms with Crippen molar-refractivity contribution in [1.29, 1.82) is 0 Å². The fourth-order valence-electron chi connectivity index (χ4n) is 4.76. The van der Waals surface area contributed by atoms with E-state index in [4.69, 9.17) is 4.98 Å². The first-order valence-electron chi connectivity index (χ1n) is 12.4. The van der Waals surface area contributed by atoms with Crippen molar-refractivity contribution >= 4 is 11.2 Å². The molecule has 6 aromatic rings. The van der Waals surface area contributed by atoms with Crippen LogP contribution >= 0.6 is 0 Å². The van der Waals surface area contributed by atoms with Crippen molar-refractivity contribution in [3.05, 3.63) is 111 Å². The Labute approximate surface area is 216 Å². The summed E-state index contributed by atoms with van der Waals surface area (Å²) in [4.78, 5) is 33.1. The van der Waals surface area contributed by atoms with Gasteiger partial charge in [0.1, 0.15) is 5.82 Å². The zero-order valence-electron chi connectivity index (χ0n) is 20.6. The van der Waals surface area contributed by atoms with Crippen LogP contribution in [0.25, 0.3) is 39.4 Å². The lowest BCUT2D eigenvalue weighted by Crippen LogP contribution is -2.30. The molecule has 6 rings (SSSR count). The number of nitrogens with one attached hydrogen (secondary N) is 2. The molecule has 0 aliphatic rings. The molecule has 0 unspecified atom stereocenters. The molecule has 3 heterocycles. The summed E-state index contributed by atoms with van der Waals surface area (Å²) >= 11 is 0. The van der Waals surface area contributed by atoms with Gasteiger partial charge in [0.15, 0.2) is 17.0 Å². The second-order valence-electron chi connectivity index (χ2n) is 8.96. The number of tetrazole rings is 1. The number of fused-ring (bicyclic) bond motifs is 1. The molecular formula is C28H24N8O2. The topological polar surface area (TPSA) is 127 Å². The number of imidazole rings is 1. The average Bonchev–Trinajstić information content (AvgIpc) is 3.59. The molecule has 0 saturated carbocycles. The Morgan fingerprint density at radius 3 is 2.32 bits per heavy atom. The summed E-state index contributed by atoms with van der Waals surface area (Å²) in [5, 5.41) is 14.3. The summed E-state index contributed by atoms with van der Waals surface area (Å²) in [5.74, 6) is 1.36. The van der Waals surface area contributed by atoms with Crippen molar-refractivity contribution in [3.63, 3.8) is 0 Å². The van der Waals surface area contributed by atoms with Crippen LogP contribution in [0.2, 0.25) is 0 Å². The van der Waals surface area contributed by atoms with Crippen LogP contribution in [0.5, 0.6) is 0 Å². The minimum atomic E-state index is -0.508. The fourth-order valence-corrected chi connectivity index (χ4v) is 4.76. The van der Waals surface area contributed by atoms with Crippen LogP contribution in [0.3, 0.4) is 0 Å². The van der Waals surface area contributed by atoms with Crippen LogP contribution in [0, 0.1) is 0 Å². The van der Waals surface area contributed by atoms with Gasteiger partial charge in [-0.3, -0.25) is 9.78 Å². The van der Waals surface area contributed by atoms with E-state index in [0.717, 1.165) is 34.5 Å². The lowest BCUT2D eigenvalue weighted by atomic mass is 9.98. The van der Waals surface area contributed by atoms with Crippen LogP contribution < -0.4 is 11.2 Å². The predicted octanol–water partition coefficient (Wildman–Crippen LogP) is 3.72. The van der Waals surface area contributed by atoms with E-state index in [9.17, 15) is 9.59 Å². The maximum absolute atomic E-state index is 13.1. The molecule has 0 aliphatic carbocycles. The molecule has 2 N–H and O–H groups in total. The first kappa shape index (κ1) is 23.3. The molecule has 0 radical (unpaired) electrons. The molecule has 0 aliphatic heterocycles. The van der Waals surface area contributed by atoms with Crippen molar-refractivity contribution in [1.82, 2.24) is 39.7 Å². The third-order valence-electron chi connectivity index (χ3n) is 6.50. The highest BCUT2D eigenvalue weighted by atomic mass is 16.2. The van der Waals surface area contributed by atoms with Crippen LogP contribution in [-0.4, -0.2) is 39.7 Å². The molecule has 0 bridgehead atoms. The van der Waals surface area contributed by atoms with Crippen molar-refractivity contribution in [2.75, 3.05) is 0 Å². The van der Waals surface area contributed by atoms with Gasteiger partial charge in [0.05, 0.1) is 5.69 Å². The van der Waals surface area contributed by atoms with Crippen molar-refractivity contribution < 1.29 is 0 Å². The van der Waals surface area contributed by atoms with Crippen LogP contribution in [0.1, 0.15) is 24.7 Å². The number of H-pyrrole nitrogens is 2. The first-order valence-corrected chi connectivity index (χ1v) is 12.4. The Bertz CT molecular complexity index is 1830. The summed E-state index contributed by atoms with van der Waals surface area (Å²) in [7, 11) is 0. The van der Waals surface area contributed by atoms with E-state index >= 15 is 0 Å². The van der Waals surface area contributed by atoms with Crippen molar-refractivity contribution in [2.45, 2.75) is 26.3 Å². The highest BCUT2D eigenvalue weighted by Crippen LogP contribution is 2.30. The lowest BCUT2D eigenvalue weighted by Gasteiger charge is -2.11. The number of aryl methyl sites for hydroxylation is 1. The normalized spacial score (nSPS) is 11.3. The largest absolute Gasteiger partial charge is 0.334 e. The SMILES string of the molecule is CCCc1nc2c(c(=O)[nH]c(=O)n2-c2ccccc2)n1Cc1ccc(-c2ccccc2-c2nnn[nH]2)cc1. The number of nitrogens with zero attached hydrogens (tertiary/aromatic N) is 6. The smallest absolute Gasteiger partial charge is 0.318 e. The van der Waals surface area contributed by atoms with Crippen molar-refractivity contribution in [3.8, 4) is 28.2 Å². The van der Waals surface area contributed by atoms with Gasteiger partial charge in [0, 0.05) is 18.5 Å². The molecule has 3 aromatic carbocycles. The maximum atomic E-state index is 13.1. The second kappa shape index (κ2) is 9.74. The summed E-state index contributed by atoms with van der Waals surface area (Å²) < 4.78 is 3.38. The molecule has 0 saturated heterocycles. The summed E-state index contributed by atoms with van der Waals surface area (Å²) in [5.41, 5.74) is 4.36. The van der Waals surface area contributed by atoms with Crippen molar-refractivity contribution in [2.24, 2.45) is 0 Å². The quantitative estimate of drug-likeness (QED) is 0.341. The highest BCUT2D eigenvalue weighted by molar-refractivity contribution is 5.80. The third kappa shape index (κ3) is 4.11. The maximum Gasteiger partial charge on any atom is 0.334 e. The van der Waals surface area contributed by atoms with Gasteiger partial charge >= 0.3 is 5.69 Å². The highest BCUT2D eigenvalue weighted by Gasteiger charge is 2.19. The monoisotopic (exact) mass is 504 g/mol. The molecule has 10 heteroatoms. The van der Waals surface area contributed by atoms with E-state index in [0.29, 0.717) is 35.6 Å². The van der Waals surface area contributed by atoms with Gasteiger partial charge in [-0.2, -0.15) is 0 Å². The van der Waals surface area contributed by atoms with E-state index in [2.05, 4.69) is 32.5 Å². The molecule has 3 aromatic heterocycles. The van der Waals surface area contributed by atoms with Gasteiger partial charge < -0.3 is 4.57 Å². The number of rotatable bonds is 7. The van der Waals surface area contributed by atoms with Gasteiger partial charge in [-0.1, -0.05) is 73.7 Å². The van der Waals surface area contributed by atoms with Crippen LogP contribution in [-0.2, 0) is 13.0 Å². The number of hydrogen-bond donors (Lipinski definition) is 2. The minimum absolute atomic E-state index is 0.361. The van der Waals surface area contributed by atoms with Gasteiger partial charge in [-0.25, -0.2) is 19.4 Å². The number of hydrogen-bond acceptors (Lipinski definition) is 6. The molecular weight excluding hydrogens is 480 g/mol. The minimum Gasteiger partial charge on any atom is -0.318 e. The predicted molar refractivity (Wildman–Crippen MR) is 144 cm³/mol. The summed E-state index contributed by atoms with van der Waals surface area (Å²) in [6.07, 6.45) is 1.52. The van der Waals surface area contributed by atoms with Crippen LogP contribution in [0.15, 0.2) is 88.5 Å². The molecule has 188 valence electrons. The number of para-hydroxylation sites is 1. The van der Waals surface area contributed by atoms with Gasteiger partial charge in [-0.15, -0.1) is 5.10 Å². The van der Waals surface area contributed by atoms with Gasteiger partial charge in [0.2, 0.25) is 0 Å². The fraction of sp³-hybridized carbons (Fsp3) is 0.143. The van der Waals surface area contributed by atoms with Gasteiger partial charge in [-0.05, 0) is 45.7 Å². The molecule has 0 fully saturated rings. The van der Waals surface area contributed by atoms with E-state index < -0.39 is 11.2 Å². The van der Waals surface area contributed by atoms with Gasteiger partial charge in [0.25, 0.3) is 5.56 Å². The zero-order chi connectivity index (χ0) is 26.1. The standard InChI is InChI=1S/C28H24N8O2/c1-2-8-23-29-26-24(27(37)30-28(38)36(26)20-9-4-3-5-10-20)35(23)17-18-13-15-19(16-14-18)21-11-6-7-12-22(21)25-31-33-34-32-25/h3-7,9-16H,2,8,17H2,1H3,(H,30,37,38)(H,31,32,33,34). The van der Waals surface area contributed by atoms with E-state index in [1.807, 2.05) is 83.4 Å². The Hall–Kier alpha value is -5.12. The van der Waals surface area contributed by atoms with E-state index in [-0.39, 0.29) is 0 Å². The van der Waals surface area contributed by atoms with E-state index in [1.165, 1.54) is 4.57 Å². The zero-order valence-corrected chi connectivity index (χ0v) is 20.6. The summed E-state index contributed by atoms with van der Waals surface area (Å²) in [6.45, 7) is 2.50. The molecule has 0 atom stereocenters. The Balaban J connectivity index is 1.42. The van der Waals surface area contributed by atoms with E-state index in [1.54, 1.807) is 0 Å². The molecule has 38 heavy (non-hydrogen) atoms.